The van der Waals surface area contributed by atoms with Gasteiger partial charge in [0.2, 0.25) is 0 Å². The van der Waals surface area contributed by atoms with E-state index in [-0.39, 0.29) is 6.04 Å². The number of rotatable bonds is 6. The second kappa shape index (κ2) is 6.35. The minimum atomic E-state index is 0.0758. The molecule has 0 saturated carbocycles. The zero-order valence-corrected chi connectivity index (χ0v) is 7.84. The third kappa shape index (κ3) is 4.96. The van der Waals surface area contributed by atoms with Crippen LogP contribution in [0, 0.1) is 0 Å². The number of hydrogen-bond acceptors (Lipinski definition) is 2. The molecule has 0 heterocycles. The highest BCUT2D eigenvalue weighted by Crippen LogP contribution is 1.98. The summed E-state index contributed by atoms with van der Waals surface area (Å²) >= 11 is 0. The Labute approximate surface area is 69.6 Å². The van der Waals surface area contributed by atoms with Crippen LogP contribution >= 0.6 is 0 Å². The lowest BCUT2D eigenvalue weighted by Gasteiger charge is -2.19. The molecule has 2 heteroatoms. The van der Waals surface area contributed by atoms with Crippen LogP contribution in [0.1, 0.15) is 33.1 Å². The molecule has 0 radical (unpaired) electrons. The Morgan fingerprint density at radius 2 is 2.09 bits per heavy atom. The summed E-state index contributed by atoms with van der Waals surface area (Å²) < 4.78 is 0. The number of aldehydes is 1. The van der Waals surface area contributed by atoms with Crippen molar-refractivity contribution in [2.24, 2.45) is 0 Å². The number of nitrogens with zero attached hydrogens (tertiary/aromatic N) is 1. The van der Waals surface area contributed by atoms with Crippen molar-refractivity contribution in [3.05, 3.63) is 0 Å². The lowest BCUT2D eigenvalue weighted by molar-refractivity contribution is -0.111. The van der Waals surface area contributed by atoms with Gasteiger partial charge in [-0.3, -0.25) is 4.90 Å². The molecule has 0 rings (SSSR count). The van der Waals surface area contributed by atoms with Crippen molar-refractivity contribution >= 4 is 6.29 Å². The molecule has 0 aromatic carbocycles. The van der Waals surface area contributed by atoms with Crippen molar-refractivity contribution < 1.29 is 4.79 Å². The van der Waals surface area contributed by atoms with Gasteiger partial charge in [0.1, 0.15) is 6.29 Å². The molecule has 0 saturated heterocycles. The Morgan fingerprint density at radius 1 is 1.45 bits per heavy atom. The van der Waals surface area contributed by atoms with E-state index in [4.69, 9.17) is 0 Å². The highest BCUT2D eigenvalue weighted by atomic mass is 16.1. The van der Waals surface area contributed by atoms with Gasteiger partial charge in [0.15, 0.2) is 0 Å². The molecule has 0 aromatic heterocycles. The summed E-state index contributed by atoms with van der Waals surface area (Å²) in [5.74, 6) is 0. The molecule has 11 heavy (non-hydrogen) atoms. The SMILES string of the molecule is CCCCCN(C)[C@H](C)C=O. The number of carbonyl (C=O) groups excluding carboxylic acids is 1. The van der Waals surface area contributed by atoms with Crippen molar-refractivity contribution in [1.29, 1.82) is 0 Å². The molecule has 0 unspecified atom stereocenters. The van der Waals surface area contributed by atoms with Crippen LogP contribution in [0.3, 0.4) is 0 Å². The minimum Gasteiger partial charge on any atom is -0.302 e. The molecule has 0 aliphatic carbocycles. The van der Waals surface area contributed by atoms with E-state index in [2.05, 4.69) is 11.8 Å². The molecule has 66 valence electrons. The summed E-state index contributed by atoms with van der Waals surface area (Å²) in [6, 6.07) is 0.0758. The van der Waals surface area contributed by atoms with Crippen molar-refractivity contribution in [3.8, 4) is 0 Å². The first-order valence-electron chi connectivity index (χ1n) is 4.38. The zero-order valence-electron chi connectivity index (χ0n) is 7.84. The van der Waals surface area contributed by atoms with E-state index in [1.807, 2.05) is 14.0 Å². The van der Waals surface area contributed by atoms with E-state index in [0.717, 1.165) is 12.8 Å². The topological polar surface area (TPSA) is 20.3 Å². The van der Waals surface area contributed by atoms with Crippen LogP contribution in [-0.2, 0) is 4.79 Å². The van der Waals surface area contributed by atoms with Gasteiger partial charge in [0.05, 0.1) is 6.04 Å². The molecule has 0 N–H and O–H groups in total. The van der Waals surface area contributed by atoms with Gasteiger partial charge in [-0.1, -0.05) is 19.8 Å². The predicted molar refractivity (Wildman–Crippen MR) is 47.7 cm³/mol. The molecule has 0 aliphatic rings. The Bertz CT molecular complexity index is 104. The fourth-order valence-electron chi connectivity index (χ4n) is 0.919. The Balaban J connectivity index is 3.35. The normalized spacial score (nSPS) is 13.5. The maximum Gasteiger partial charge on any atom is 0.136 e. The van der Waals surface area contributed by atoms with Gasteiger partial charge in [0, 0.05) is 0 Å². The highest BCUT2D eigenvalue weighted by Gasteiger charge is 2.05. The van der Waals surface area contributed by atoms with Crippen LogP contribution in [0.2, 0.25) is 0 Å². The minimum absolute atomic E-state index is 0.0758. The lowest BCUT2D eigenvalue weighted by atomic mass is 10.2. The Morgan fingerprint density at radius 3 is 2.55 bits per heavy atom. The average Bonchev–Trinajstić information content (AvgIpc) is 2.03. The molecule has 0 bridgehead atoms. The fourth-order valence-corrected chi connectivity index (χ4v) is 0.919. The van der Waals surface area contributed by atoms with Crippen molar-refractivity contribution in [3.63, 3.8) is 0 Å². The van der Waals surface area contributed by atoms with E-state index in [1.54, 1.807) is 0 Å². The van der Waals surface area contributed by atoms with E-state index in [9.17, 15) is 4.79 Å². The highest BCUT2D eigenvalue weighted by molar-refractivity contribution is 5.56. The average molecular weight is 157 g/mol. The zero-order chi connectivity index (χ0) is 8.69. The largest absolute Gasteiger partial charge is 0.302 e. The first kappa shape index (κ1) is 10.6. The van der Waals surface area contributed by atoms with Gasteiger partial charge < -0.3 is 4.79 Å². The van der Waals surface area contributed by atoms with Gasteiger partial charge in [0.25, 0.3) is 0 Å². The first-order chi connectivity index (χ1) is 5.22. The van der Waals surface area contributed by atoms with Gasteiger partial charge in [-0.25, -0.2) is 0 Å². The maximum atomic E-state index is 10.3. The number of likely N-dealkylation sites (N-methyl/N-ethyl adjacent to an activating group) is 1. The van der Waals surface area contributed by atoms with Crippen LogP contribution < -0.4 is 0 Å². The third-order valence-corrected chi connectivity index (χ3v) is 2.01. The quantitative estimate of drug-likeness (QED) is 0.432. The second-order valence-electron chi connectivity index (χ2n) is 3.06. The summed E-state index contributed by atoms with van der Waals surface area (Å²) in [7, 11) is 1.99. The Hall–Kier alpha value is -0.370. The molecule has 0 amide bonds. The monoisotopic (exact) mass is 157 g/mol. The number of hydrogen-bond donors (Lipinski definition) is 0. The summed E-state index contributed by atoms with van der Waals surface area (Å²) in [5, 5.41) is 0. The number of carbonyl (C=O) groups is 1. The molecule has 1 atom stereocenters. The van der Waals surface area contributed by atoms with Crippen molar-refractivity contribution in [2.45, 2.75) is 39.2 Å². The molecule has 0 fully saturated rings. The molecule has 2 nitrogen and oxygen atoms in total. The van der Waals surface area contributed by atoms with E-state index in [1.165, 1.54) is 19.3 Å². The summed E-state index contributed by atoms with van der Waals surface area (Å²) in [6.45, 7) is 5.15. The van der Waals surface area contributed by atoms with E-state index in [0.29, 0.717) is 0 Å². The summed E-state index contributed by atoms with van der Waals surface area (Å²) in [6.07, 6.45) is 4.69. The van der Waals surface area contributed by atoms with E-state index >= 15 is 0 Å². The van der Waals surface area contributed by atoms with Gasteiger partial charge in [-0.2, -0.15) is 0 Å². The fraction of sp³-hybridized carbons (Fsp3) is 0.889. The summed E-state index contributed by atoms with van der Waals surface area (Å²) in [4.78, 5) is 12.4. The molecular formula is C9H19NO. The van der Waals surface area contributed by atoms with Crippen LogP contribution in [0.4, 0.5) is 0 Å². The van der Waals surface area contributed by atoms with Crippen LogP contribution in [-0.4, -0.2) is 30.8 Å². The van der Waals surface area contributed by atoms with Crippen LogP contribution in [0.15, 0.2) is 0 Å². The van der Waals surface area contributed by atoms with E-state index < -0.39 is 0 Å². The third-order valence-electron chi connectivity index (χ3n) is 2.01. The van der Waals surface area contributed by atoms with Crippen molar-refractivity contribution in [1.82, 2.24) is 4.90 Å². The number of unbranched alkanes of at least 4 members (excludes halogenated alkanes) is 2. The molecule has 0 aliphatic heterocycles. The Kier molecular flexibility index (Phi) is 6.13. The lowest BCUT2D eigenvalue weighted by Crippen LogP contribution is -2.30. The summed E-state index contributed by atoms with van der Waals surface area (Å²) in [5.41, 5.74) is 0. The van der Waals surface area contributed by atoms with Crippen molar-refractivity contribution in [2.75, 3.05) is 13.6 Å². The van der Waals surface area contributed by atoms with Gasteiger partial charge in [-0.15, -0.1) is 0 Å². The standard InChI is InChI=1S/C9H19NO/c1-4-5-6-7-10(3)9(2)8-11/h8-9H,4-7H2,1-3H3/t9-/m1/s1. The predicted octanol–water partition coefficient (Wildman–Crippen LogP) is 1.70. The molecule has 0 aromatic rings. The van der Waals surface area contributed by atoms with Gasteiger partial charge in [-0.05, 0) is 26.9 Å². The molecular weight excluding hydrogens is 138 g/mol. The van der Waals surface area contributed by atoms with Crippen LogP contribution in [0.25, 0.3) is 0 Å². The maximum absolute atomic E-state index is 10.3. The van der Waals surface area contributed by atoms with Gasteiger partial charge >= 0.3 is 0 Å². The second-order valence-corrected chi connectivity index (χ2v) is 3.06. The first-order valence-corrected chi connectivity index (χ1v) is 4.38. The van der Waals surface area contributed by atoms with Crippen LogP contribution in [0.5, 0.6) is 0 Å². The smallest absolute Gasteiger partial charge is 0.136 e. The molecule has 0 spiro atoms.